The summed E-state index contributed by atoms with van der Waals surface area (Å²) in [6, 6.07) is 0. The summed E-state index contributed by atoms with van der Waals surface area (Å²) in [7, 11) is 0. The number of hydrogen-bond acceptors (Lipinski definition) is 3. The van der Waals surface area contributed by atoms with E-state index in [9.17, 15) is 19.8 Å². The third-order valence-corrected chi connectivity index (χ3v) is 10.5. The number of carboxylic acids is 1. The van der Waals surface area contributed by atoms with Gasteiger partial charge in [0.1, 0.15) is 5.78 Å². The molecule has 0 aliphatic heterocycles. The lowest BCUT2D eigenvalue weighted by molar-refractivity contribution is -0.138. The van der Waals surface area contributed by atoms with E-state index in [2.05, 4.69) is 47.3 Å². The molecule has 0 aromatic heterocycles. The molecule has 4 heteroatoms. The van der Waals surface area contributed by atoms with Gasteiger partial charge in [0.25, 0.3) is 0 Å². The van der Waals surface area contributed by atoms with Gasteiger partial charge in [0.15, 0.2) is 0 Å². The molecule has 2 fully saturated rings. The number of aliphatic carboxylic acids is 1. The Morgan fingerprint density at radius 1 is 1.21 bits per heavy atom. The monoisotopic (exact) mass is 472 g/mol. The number of fused-ring (bicyclic) bond motifs is 3. The van der Waals surface area contributed by atoms with Gasteiger partial charge in [0.2, 0.25) is 0 Å². The number of aliphatic hydroxyl groups is 1. The Morgan fingerprint density at radius 3 is 2.41 bits per heavy atom. The van der Waals surface area contributed by atoms with E-state index in [4.69, 9.17) is 0 Å². The predicted octanol–water partition coefficient (Wildman–Crippen LogP) is 6.97. The van der Waals surface area contributed by atoms with Crippen molar-refractivity contribution in [1.29, 1.82) is 0 Å². The van der Waals surface area contributed by atoms with Gasteiger partial charge in [-0.25, -0.2) is 0 Å². The second-order valence-electron chi connectivity index (χ2n) is 13.4. The molecule has 192 valence electrons. The van der Waals surface area contributed by atoms with Crippen LogP contribution in [0.2, 0.25) is 0 Å². The minimum absolute atomic E-state index is 0.0783. The van der Waals surface area contributed by atoms with Crippen molar-refractivity contribution in [3.8, 4) is 0 Å². The van der Waals surface area contributed by atoms with Crippen LogP contribution >= 0.6 is 0 Å². The molecule has 7 atom stereocenters. The zero-order chi connectivity index (χ0) is 25.7. The van der Waals surface area contributed by atoms with Crippen molar-refractivity contribution < 1.29 is 19.8 Å². The van der Waals surface area contributed by atoms with Crippen LogP contribution in [-0.2, 0) is 9.59 Å². The number of rotatable bonds is 9. The fourth-order valence-corrected chi connectivity index (χ4v) is 8.64. The number of carboxylic acid groups (broad SMARTS) is 1. The first kappa shape index (κ1) is 27.2. The summed E-state index contributed by atoms with van der Waals surface area (Å²) in [6.07, 6.45) is 9.57. The van der Waals surface area contributed by atoms with Gasteiger partial charge in [0.05, 0.1) is 5.60 Å². The molecule has 0 aromatic carbocycles. The molecule has 0 unspecified atom stereocenters. The van der Waals surface area contributed by atoms with Crippen molar-refractivity contribution in [3.05, 3.63) is 23.8 Å². The highest BCUT2D eigenvalue weighted by Crippen LogP contribution is 2.71. The van der Waals surface area contributed by atoms with Crippen molar-refractivity contribution in [1.82, 2.24) is 0 Å². The molecule has 3 aliphatic carbocycles. The third-order valence-electron chi connectivity index (χ3n) is 10.5. The molecule has 0 saturated heterocycles. The van der Waals surface area contributed by atoms with E-state index in [-0.39, 0.29) is 34.9 Å². The van der Waals surface area contributed by atoms with Crippen LogP contribution in [0.4, 0.5) is 0 Å². The quantitative estimate of drug-likeness (QED) is 0.355. The first-order valence-electron chi connectivity index (χ1n) is 13.4. The van der Waals surface area contributed by atoms with Gasteiger partial charge in [-0.2, -0.15) is 0 Å². The van der Waals surface area contributed by atoms with Crippen LogP contribution in [0.1, 0.15) is 106 Å². The zero-order valence-corrected chi connectivity index (χ0v) is 22.7. The molecule has 2 N–H and O–H groups in total. The molecular formula is C30H48O4. The lowest BCUT2D eigenvalue weighted by Crippen LogP contribution is -2.52. The molecule has 0 aromatic rings. The Bertz CT molecular complexity index is 864. The zero-order valence-electron chi connectivity index (χ0n) is 22.7. The van der Waals surface area contributed by atoms with E-state index in [0.29, 0.717) is 36.5 Å². The number of carbonyl (C=O) groups excluding carboxylic acids is 1. The fourth-order valence-electron chi connectivity index (χ4n) is 8.64. The topological polar surface area (TPSA) is 74.6 Å². The van der Waals surface area contributed by atoms with Crippen LogP contribution in [-0.4, -0.2) is 27.6 Å². The van der Waals surface area contributed by atoms with Crippen LogP contribution in [0.3, 0.4) is 0 Å². The highest BCUT2D eigenvalue weighted by molar-refractivity contribution is 5.79. The van der Waals surface area contributed by atoms with Crippen molar-refractivity contribution in [3.63, 3.8) is 0 Å². The van der Waals surface area contributed by atoms with Crippen LogP contribution in [0.5, 0.6) is 0 Å². The maximum atomic E-state index is 12.7. The minimum atomic E-state index is -0.948. The molecule has 0 spiro atoms. The summed E-state index contributed by atoms with van der Waals surface area (Å²) in [5, 5.41) is 19.6. The van der Waals surface area contributed by atoms with Crippen LogP contribution in [0.25, 0.3) is 0 Å². The molecule has 4 nitrogen and oxygen atoms in total. The van der Waals surface area contributed by atoms with Crippen LogP contribution < -0.4 is 0 Å². The molecule has 0 bridgehead atoms. The Balaban J connectivity index is 1.89. The van der Waals surface area contributed by atoms with Crippen molar-refractivity contribution in [2.75, 3.05) is 0 Å². The molecule has 3 rings (SSSR count). The maximum absolute atomic E-state index is 12.7. The fraction of sp³-hybridized carbons (Fsp3) is 0.800. The normalized spacial score (nSPS) is 38.5. The Kier molecular flexibility index (Phi) is 7.37. The van der Waals surface area contributed by atoms with Gasteiger partial charge in [0, 0.05) is 19.3 Å². The second kappa shape index (κ2) is 9.22. The number of Topliss-reactive ketones (excluding diaryl/α,β-unsaturated/α-hetero) is 1. The van der Waals surface area contributed by atoms with Crippen LogP contribution in [0.15, 0.2) is 23.8 Å². The van der Waals surface area contributed by atoms with Gasteiger partial charge in [-0.1, -0.05) is 51.5 Å². The first-order chi connectivity index (χ1) is 15.5. The van der Waals surface area contributed by atoms with Gasteiger partial charge >= 0.3 is 5.97 Å². The number of carbonyl (C=O) groups is 2. The Morgan fingerprint density at radius 2 is 1.85 bits per heavy atom. The van der Waals surface area contributed by atoms with Crippen molar-refractivity contribution in [2.45, 2.75) is 112 Å². The SMILES string of the molecule is C=C(C)[C@@H]1CC=C2[C@@H](CC[C@]3(C)[C@@H]([C@H](C)CC(=O)CC(C)(C)O)CC[C@@]23C)[C@@]1(C)CCC(=O)O. The standard InChI is InChI=1S/C30H48O4/c1-19(2)22-9-10-25-24(28(22,6)14-13-26(32)33)12-16-29(7)23(11-15-30(25,29)8)20(3)17-21(31)18-27(4,5)34/h10,20,22-24,34H,1,9,11-18H2,2-8H3,(H,32,33)/t20-,22+,23-,24-,28+,29-,30+/m1/s1. The summed E-state index contributed by atoms with van der Waals surface area (Å²) in [4.78, 5) is 24.2. The highest BCUT2D eigenvalue weighted by atomic mass is 16.4. The van der Waals surface area contributed by atoms with Gasteiger partial charge in [-0.15, -0.1) is 0 Å². The lowest BCUT2D eigenvalue weighted by atomic mass is 9.44. The molecule has 2 saturated carbocycles. The maximum Gasteiger partial charge on any atom is 0.303 e. The molecule has 0 heterocycles. The van der Waals surface area contributed by atoms with E-state index in [1.165, 1.54) is 5.57 Å². The average Bonchev–Trinajstić information content (AvgIpc) is 2.96. The predicted molar refractivity (Wildman–Crippen MR) is 137 cm³/mol. The van der Waals surface area contributed by atoms with Crippen molar-refractivity contribution in [2.24, 2.45) is 39.9 Å². The highest BCUT2D eigenvalue weighted by Gasteiger charge is 2.63. The first-order valence-corrected chi connectivity index (χ1v) is 13.4. The summed E-state index contributed by atoms with van der Waals surface area (Å²) >= 11 is 0. The summed E-state index contributed by atoms with van der Waals surface area (Å²) in [5.41, 5.74) is 1.92. The number of allylic oxidation sites excluding steroid dienone is 3. The van der Waals surface area contributed by atoms with E-state index < -0.39 is 11.6 Å². The summed E-state index contributed by atoms with van der Waals surface area (Å²) in [6.45, 7) is 19.3. The largest absolute Gasteiger partial charge is 0.481 e. The van der Waals surface area contributed by atoms with Gasteiger partial charge < -0.3 is 10.2 Å². The third kappa shape index (κ3) is 4.68. The molecule has 34 heavy (non-hydrogen) atoms. The van der Waals surface area contributed by atoms with E-state index in [1.807, 2.05) is 0 Å². The van der Waals surface area contributed by atoms with Gasteiger partial charge in [-0.05, 0) is 99.2 Å². The second-order valence-corrected chi connectivity index (χ2v) is 13.4. The van der Waals surface area contributed by atoms with E-state index in [0.717, 1.165) is 32.1 Å². The minimum Gasteiger partial charge on any atom is -0.481 e. The van der Waals surface area contributed by atoms with Gasteiger partial charge in [-0.3, -0.25) is 9.59 Å². The van der Waals surface area contributed by atoms with E-state index in [1.54, 1.807) is 19.4 Å². The molecular weight excluding hydrogens is 424 g/mol. The number of hydrogen-bond donors (Lipinski definition) is 2. The van der Waals surface area contributed by atoms with E-state index >= 15 is 0 Å². The van der Waals surface area contributed by atoms with Crippen LogP contribution in [0, 0.1) is 39.9 Å². The Hall–Kier alpha value is -1.42. The molecule has 3 aliphatic rings. The molecule has 0 radical (unpaired) electrons. The van der Waals surface area contributed by atoms with Crippen molar-refractivity contribution >= 4 is 11.8 Å². The summed E-state index contributed by atoms with van der Waals surface area (Å²) < 4.78 is 0. The number of ketones is 1. The lowest BCUT2D eigenvalue weighted by Gasteiger charge is -2.60. The molecule has 0 amide bonds. The summed E-state index contributed by atoms with van der Waals surface area (Å²) in [5.74, 6) is 0.942. The average molecular weight is 473 g/mol. The smallest absolute Gasteiger partial charge is 0.303 e. The Labute approximate surface area is 207 Å².